The molecule has 1 N–H and O–H groups in total. The van der Waals surface area contributed by atoms with Crippen molar-refractivity contribution >= 4 is 17.6 Å². The van der Waals surface area contributed by atoms with Gasteiger partial charge in [0.05, 0.1) is 0 Å². The van der Waals surface area contributed by atoms with Crippen LogP contribution in [-0.2, 0) is 14.3 Å². The molecule has 104 valence electrons. The van der Waals surface area contributed by atoms with Gasteiger partial charge in [-0.2, -0.15) is 0 Å². The molecule has 0 bridgehead atoms. The fourth-order valence-corrected chi connectivity index (χ4v) is 1.69. The van der Waals surface area contributed by atoms with Gasteiger partial charge in [-0.15, -0.1) is 0 Å². The van der Waals surface area contributed by atoms with Gasteiger partial charge >= 0.3 is 5.97 Å². The van der Waals surface area contributed by atoms with E-state index >= 15 is 0 Å². The monoisotopic (exact) mass is 265 g/mol. The lowest BCUT2D eigenvalue weighted by molar-refractivity contribution is -0.136. The van der Waals surface area contributed by atoms with Gasteiger partial charge < -0.3 is 14.7 Å². The van der Waals surface area contributed by atoms with Gasteiger partial charge in [0, 0.05) is 25.8 Å². The van der Waals surface area contributed by atoms with Gasteiger partial charge in [0.2, 0.25) is 5.91 Å². The average Bonchev–Trinajstić information content (AvgIpc) is 2.37. The van der Waals surface area contributed by atoms with Crippen LogP contribution in [-0.4, -0.2) is 37.2 Å². The topological polar surface area (TPSA) is 66.8 Å². The van der Waals surface area contributed by atoms with Crippen LogP contribution in [0.1, 0.15) is 18.4 Å². The van der Waals surface area contributed by atoms with E-state index < -0.39 is 5.97 Å². The number of nitrogens with zero attached hydrogens (tertiary/aromatic N) is 1. The van der Waals surface area contributed by atoms with E-state index in [4.69, 9.17) is 9.84 Å². The summed E-state index contributed by atoms with van der Waals surface area (Å²) in [5, 5.41) is 8.90. The van der Waals surface area contributed by atoms with Gasteiger partial charge in [0.1, 0.15) is 6.54 Å². The van der Waals surface area contributed by atoms with Crippen LogP contribution in [0, 0.1) is 6.92 Å². The lowest BCUT2D eigenvalue weighted by atomic mass is 10.2. The summed E-state index contributed by atoms with van der Waals surface area (Å²) < 4.78 is 4.89. The zero-order valence-corrected chi connectivity index (χ0v) is 11.3. The first-order valence-electron chi connectivity index (χ1n) is 6.12. The Labute approximate surface area is 112 Å². The van der Waals surface area contributed by atoms with Crippen LogP contribution in [0.5, 0.6) is 0 Å². The molecule has 0 radical (unpaired) electrons. The lowest BCUT2D eigenvalue weighted by Crippen LogP contribution is -2.35. The normalized spacial score (nSPS) is 10.2. The second-order valence-electron chi connectivity index (χ2n) is 4.31. The highest BCUT2D eigenvalue weighted by Crippen LogP contribution is 2.16. The van der Waals surface area contributed by atoms with Crippen molar-refractivity contribution in [1.29, 1.82) is 0 Å². The maximum absolute atomic E-state index is 12.0. The van der Waals surface area contributed by atoms with Crippen LogP contribution in [0.3, 0.4) is 0 Å². The number of carboxylic acid groups (broad SMARTS) is 1. The van der Waals surface area contributed by atoms with Gasteiger partial charge in [-0.1, -0.05) is 17.7 Å². The quantitative estimate of drug-likeness (QED) is 0.764. The molecule has 1 rings (SSSR count). The number of aryl methyl sites for hydroxylation is 1. The minimum absolute atomic E-state index is 0.205. The number of amides is 1. The molecule has 19 heavy (non-hydrogen) atoms. The van der Waals surface area contributed by atoms with Gasteiger partial charge in [0.25, 0.3) is 0 Å². The van der Waals surface area contributed by atoms with Crippen LogP contribution in [0.4, 0.5) is 5.69 Å². The minimum atomic E-state index is -1.03. The third-order valence-corrected chi connectivity index (χ3v) is 2.68. The number of aliphatic carboxylic acids is 1. The number of ether oxygens (including phenoxy) is 1. The molecule has 0 aliphatic carbocycles. The van der Waals surface area contributed by atoms with Crippen molar-refractivity contribution < 1.29 is 19.4 Å². The molecule has 5 nitrogen and oxygen atoms in total. The maximum atomic E-state index is 12.0. The van der Waals surface area contributed by atoms with E-state index in [-0.39, 0.29) is 18.9 Å². The summed E-state index contributed by atoms with van der Waals surface area (Å²) in [5.74, 6) is -1.23. The second-order valence-corrected chi connectivity index (χ2v) is 4.31. The lowest BCUT2D eigenvalue weighted by Gasteiger charge is -2.21. The largest absolute Gasteiger partial charge is 0.480 e. The Kier molecular flexibility index (Phi) is 6.02. The second kappa shape index (κ2) is 7.53. The van der Waals surface area contributed by atoms with Crippen molar-refractivity contribution in [2.75, 3.05) is 25.2 Å². The molecule has 0 fully saturated rings. The van der Waals surface area contributed by atoms with Crippen LogP contribution in [0.2, 0.25) is 0 Å². The summed E-state index contributed by atoms with van der Waals surface area (Å²) in [6.45, 7) is 2.10. The van der Waals surface area contributed by atoms with E-state index in [2.05, 4.69) is 0 Å². The van der Waals surface area contributed by atoms with Crippen molar-refractivity contribution in [1.82, 2.24) is 0 Å². The van der Waals surface area contributed by atoms with Crippen LogP contribution >= 0.6 is 0 Å². The molecule has 0 saturated carbocycles. The predicted molar refractivity (Wildman–Crippen MR) is 72.3 cm³/mol. The number of rotatable bonds is 7. The summed E-state index contributed by atoms with van der Waals surface area (Å²) >= 11 is 0. The minimum Gasteiger partial charge on any atom is -0.480 e. The van der Waals surface area contributed by atoms with Gasteiger partial charge in [-0.05, 0) is 25.5 Å². The molecule has 1 aromatic rings. The molecule has 1 aromatic carbocycles. The fraction of sp³-hybridized carbons (Fsp3) is 0.429. The van der Waals surface area contributed by atoms with Crippen molar-refractivity contribution in [2.45, 2.75) is 19.8 Å². The Morgan fingerprint density at radius 3 is 2.42 bits per heavy atom. The summed E-state index contributed by atoms with van der Waals surface area (Å²) in [5.41, 5.74) is 1.67. The average molecular weight is 265 g/mol. The Hall–Kier alpha value is -1.88. The van der Waals surface area contributed by atoms with E-state index in [0.29, 0.717) is 18.7 Å². The van der Waals surface area contributed by atoms with Crippen molar-refractivity contribution in [3.05, 3.63) is 29.8 Å². The first-order valence-corrected chi connectivity index (χ1v) is 6.12. The van der Waals surface area contributed by atoms with Crippen molar-refractivity contribution in [3.8, 4) is 0 Å². The van der Waals surface area contributed by atoms with Crippen LogP contribution in [0.25, 0.3) is 0 Å². The van der Waals surface area contributed by atoms with Crippen molar-refractivity contribution in [2.24, 2.45) is 0 Å². The third-order valence-electron chi connectivity index (χ3n) is 2.68. The van der Waals surface area contributed by atoms with Gasteiger partial charge in [0.15, 0.2) is 0 Å². The van der Waals surface area contributed by atoms with Gasteiger partial charge in [-0.3, -0.25) is 9.59 Å². The number of carbonyl (C=O) groups is 2. The molecule has 0 aromatic heterocycles. The number of anilines is 1. The van der Waals surface area contributed by atoms with E-state index in [9.17, 15) is 9.59 Å². The summed E-state index contributed by atoms with van der Waals surface area (Å²) in [6.07, 6.45) is 0.853. The molecule has 0 aliphatic heterocycles. The van der Waals surface area contributed by atoms with Crippen LogP contribution < -0.4 is 4.90 Å². The summed E-state index contributed by atoms with van der Waals surface area (Å²) in [4.78, 5) is 24.2. The molecule has 5 heteroatoms. The van der Waals surface area contributed by atoms with Crippen molar-refractivity contribution in [3.63, 3.8) is 0 Å². The highest BCUT2D eigenvalue weighted by Gasteiger charge is 2.18. The zero-order valence-electron chi connectivity index (χ0n) is 11.3. The molecular formula is C14H19NO4. The highest BCUT2D eigenvalue weighted by molar-refractivity contribution is 5.97. The Morgan fingerprint density at radius 2 is 1.89 bits per heavy atom. The molecule has 0 saturated heterocycles. The van der Waals surface area contributed by atoms with Gasteiger partial charge in [-0.25, -0.2) is 0 Å². The molecule has 0 aliphatic rings. The van der Waals surface area contributed by atoms with E-state index in [1.807, 2.05) is 19.1 Å². The summed E-state index contributed by atoms with van der Waals surface area (Å²) in [6, 6.07) is 7.22. The first kappa shape index (κ1) is 15.2. The van der Waals surface area contributed by atoms with Crippen LogP contribution in [0.15, 0.2) is 24.3 Å². The zero-order chi connectivity index (χ0) is 14.3. The molecule has 0 atom stereocenters. The Morgan fingerprint density at radius 1 is 1.26 bits per heavy atom. The van der Waals surface area contributed by atoms with E-state index in [1.54, 1.807) is 19.2 Å². The third kappa shape index (κ3) is 5.09. The molecule has 1 amide bonds. The van der Waals surface area contributed by atoms with E-state index in [1.165, 1.54) is 4.90 Å². The number of hydrogen-bond acceptors (Lipinski definition) is 3. The number of hydrogen-bond donors (Lipinski definition) is 1. The first-order chi connectivity index (χ1) is 9.04. The number of carboxylic acids is 1. The smallest absolute Gasteiger partial charge is 0.323 e. The maximum Gasteiger partial charge on any atom is 0.323 e. The highest BCUT2D eigenvalue weighted by atomic mass is 16.5. The Balaban J connectivity index is 2.79. The number of methoxy groups -OCH3 is 1. The predicted octanol–water partition coefficient (Wildman–Crippen LogP) is 1.84. The molecular weight excluding hydrogens is 246 g/mol. The molecule has 0 unspecified atom stereocenters. The Bertz CT molecular complexity index is 428. The number of carbonyl (C=O) groups excluding carboxylic acids is 1. The molecule has 0 heterocycles. The SMILES string of the molecule is COCCCC(=O)N(CC(=O)O)c1ccc(C)cc1. The molecule has 0 spiro atoms. The summed E-state index contributed by atoms with van der Waals surface area (Å²) in [7, 11) is 1.57. The van der Waals surface area contributed by atoms with E-state index in [0.717, 1.165) is 5.56 Å². The standard InChI is InChI=1S/C14H19NO4/c1-11-5-7-12(8-6-11)15(10-14(17)18)13(16)4-3-9-19-2/h5-8H,3-4,9-10H2,1-2H3,(H,17,18). The number of benzene rings is 1. The fourth-order valence-electron chi connectivity index (χ4n) is 1.69.